The average molecular weight is 449 g/mol. The minimum Gasteiger partial charge on any atom is -0.505 e. The zero-order chi connectivity index (χ0) is 20.4. The fourth-order valence-corrected chi connectivity index (χ4v) is 5.40. The van der Waals surface area contributed by atoms with E-state index in [0.717, 1.165) is 37.9 Å². The van der Waals surface area contributed by atoms with Gasteiger partial charge in [-0.25, -0.2) is 0 Å². The summed E-state index contributed by atoms with van der Waals surface area (Å²) in [6.45, 7) is 1.55. The minimum atomic E-state index is -0.176. The lowest BCUT2D eigenvalue weighted by molar-refractivity contribution is -0.125. The number of phenolic OH excluding ortho intramolecular Hbond substituents is 1. The third-order valence-corrected chi connectivity index (χ3v) is 7.14. The molecule has 1 saturated heterocycles. The van der Waals surface area contributed by atoms with Crippen LogP contribution in [0, 0.1) is 5.92 Å². The molecular weight excluding hydrogens is 427 g/mol. The van der Waals surface area contributed by atoms with Crippen LogP contribution >= 0.6 is 35.0 Å². The quantitative estimate of drug-likeness (QED) is 0.683. The maximum absolute atomic E-state index is 12.9. The smallest absolute Gasteiger partial charge is 0.278 e. The van der Waals surface area contributed by atoms with Crippen LogP contribution < -0.4 is 0 Å². The monoisotopic (exact) mass is 448 g/mol. The van der Waals surface area contributed by atoms with Crippen LogP contribution in [0.15, 0.2) is 47.5 Å². The van der Waals surface area contributed by atoms with Gasteiger partial charge in [-0.3, -0.25) is 9.79 Å². The number of phenols is 1. The number of likely N-dealkylation sites (tertiary alicyclic amines) is 1. The minimum absolute atomic E-state index is 0.0200. The lowest BCUT2D eigenvalue weighted by Gasteiger charge is -2.32. The lowest BCUT2D eigenvalue weighted by Crippen LogP contribution is -2.41. The van der Waals surface area contributed by atoms with E-state index in [1.165, 1.54) is 17.3 Å². The van der Waals surface area contributed by atoms with Crippen molar-refractivity contribution in [3.8, 4) is 5.75 Å². The molecule has 4 rings (SSSR count). The number of carbonyl (C=O) groups is 1. The molecule has 1 atom stereocenters. The number of amides is 1. The predicted octanol–water partition coefficient (Wildman–Crippen LogP) is 5.37. The molecule has 0 aliphatic carbocycles. The van der Waals surface area contributed by atoms with E-state index in [2.05, 4.69) is 29.3 Å². The van der Waals surface area contributed by atoms with Gasteiger partial charge in [-0.1, -0.05) is 65.3 Å². The lowest BCUT2D eigenvalue weighted by atomic mass is 9.90. The van der Waals surface area contributed by atoms with Gasteiger partial charge in [-0.05, 0) is 48.4 Å². The summed E-state index contributed by atoms with van der Waals surface area (Å²) in [5, 5.41) is 10.7. The second-order valence-electron chi connectivity index (χ2n) is 7.52. The molecule has 0 bridgehead atoms. The van der Waals surface area contributed by atoms with Crippen molar-refractivity contribution in [1.29, 1.82) is 0 Å². The Kier molecular flexibility index (Phi) is 6.38. The van der Waals surface area contributed by atoms with Crippen molar-refractivity contribution in [2.24, 2.45) is 10.9 Å². The van der Waals surface area contributed by atoms with E-state index in [4.69, 9.17) is 23.2 Å². The highest BCUT2D eigenvalue weighted by atomic mass is 35.5. The number of aromatic hydroxyl groups is 1. The van der Waals surface area contributed by atoms with E-state index < -0.39 is 0 Å². The molecule has 0 saturated carbocycles. The van der Waals surface area contributed by atoms with Crippen LogP contribution in [0.4, 0.5) is 0 Å². The molecule has 2 aliphatic rings. The molecule has 1 unspecified atom stereocenters. The van der Waals surface area contributed by atoms with E-state index >= 15 is 0 Å². The number of rotatable bonds is 4. The topological polar surface area (TPSA) is 52.9 Å². The molecule has 7 heteroatoms. The molecular formula is C22H22Cl2N2O2S. The Morgan fingerprint density at radius 3 is 2.45 bits per heavy atom. The number of carbonyl (C=O) groups excluding carboxylic acids is 1. The van der Waals surface area contributed by atoms with E-state index in [9.17, 15) is 9.90 Å². The fourth-order valence-electron chi connectivity index (χ4n) is 3.86. The molecule has 2 aliphatic heterocycles. The van der Waals surface area contributed by atoms with Gasteiger partial charge in [0.25, 0.3) is 5.91 Å². The van der Waals surface area contributed by atoms with Crippen molar-refractivity contribution in [1.82, 2.24) is 4.90 Å². The Bertz CT molecular complexity index is 905. The molecule has 2 aromatic carbocycles. The maximum Gasteiger partial charge on any atom is 0.278 e. The molecule has 4 nitrogen and oxygen atoms in total. The highest BCUT2D eigenvalue weighted by Gasteiger charge is 2.31. The predicted molar refractivity (Wildman–Crippen MR) is 120 cm³/mol. The highest BCUT2D eigenvalue weighted by Crippen LogP contribution is 2.38. The van der Waals surface area contributed by atoms with Crippen molar-refractivity contribution < 1.29 is 9.90 Å². The first kappa shape index (κ1) is 20.6. The van der Waals surface area contributed by atoms with Gasteiger partial charge in [0.05, 0.1) is 16.1 Å². The van der Waals surface area contributed by atoms with Crippen LogP contribution in [-0.4, -0.2) is 39.8 Å². The summed E-state index contributed by atoms with van der Waals surface area (Å²) in [6, 6.07) is 13.7. The van der Waals surface area contributed by atoms with Crippen molar-refractivity contribution in [3.05, 3.63) is 63.6 Å². The third kappa shape index (κ3) is 4.73. The molecule has 1 fully saturated rings. The van der Waals surface area contributed by atoms with Crippen molar-refractivity contribution in [2.45, 2.75) is 25.3 Å². The second kappa shape index (κ2) is 8.99. The molecule has 0 radical (unpaired) electrons. The number of nitrogens with zero attached hydrogens (tertiary/aromatic N) is 2. The first-order valence-electron chi connectivity index (χ1n) is 9.73. The zero-order valence-corrected chi connectivity index (χ0v) is 18.2. The van der Waals surface area contributed by atoms with Gasteiger partial charge in [0.2, 0.25) is 0 Å². The third-order valence-electron chi connectivity index (χ3n) is 5.53. The van der Waals surface area contributed by atoms with Gasteiger partial charge in [-0.2, -0.15) is 0 Å². The van der Waals surface area contributed by atoms with E-state index in [-0.39, 0.29) is 27.7 Å². The summed E-state index contributed by atoms with van der Waals surface area (Å²) in [5.74, 6) is 1.19. The summed E-state index contributed by atoms with van der Waals surface area (Å²) in [6.07, 6.45) is 3.11. The SMILES string of the molecule is O=C(C1=NC(c2cc(Cl)c(O)c(Cl)c2)CS1)N1CCC(Cc2ccccc2)CC1. The van der Waals surface area contributed by atoms with Gasteiger partial charge in [-0.15, -0.1) is 0 Å². The Balaban J connectivity index is 1.36. The van der Waals surface area contributed by atoms with Gasteiger partial charge in [0.15, 0.2) is 10.8 Å². The normalized spacial score (nSPS) is 20.0. The van der Waals surface area contributed by atoms with Crippen molar-refractivity contribution in [2.75, 3.05) is 18.8 Å². The molecule has 1 N–H and O–H groups in total. The Hall–Kier alpha value is -1.69. The van der Waals surface area contributed by atoms with E-state index in [1.54, 1.807) is 12.1 Å². The number of piperidine rings is 1. The average Bonchev–Trinajstić information content (AvgIpc) is 3.23. The number of hydrogen-bond acceptors (Lipinski definition) is 4. The summed E-state index contributed by atoms with van der Waals surface area (Å²) in [4.78, 5) is 19.5. The van der Waals surface area contributed by atoms with Gasteiger partial charge < -0.3 is 10.0 Å². The van der Waals surface area contributed by atoms with Crippen molar-refractivity contribution >= 4 is 45.9 Å². The molecule has 2 heterocycles. The Morgan fingerprint density at radius 2 is 1.79 bits per heavy atom. The fraction of sp³-hybridized carbons (Fsp3) is 0.364. The highest BCUT2D eigenvalue weighted by molar-refractivity contribution is 8.16. The zero-order valence-electron chi connectivity index (χ0n) is 15.9. The van der Waals surface area contributed by atoms with Gasteiger partial charge in [0, 0.05) is 18.8 Å². The molecule has 0 spiro atoms. The summed E-state index contributed by atoms with van der Waals surface area (Å²) in [7, 11) is 0. The maximum atomic E-state index is 12.9. The van der Waals surface area contributed by atoms with Crippen LogP contribution in [0.1, 0.15) is 30.0 Å². The largest absolute Gasteiger partial charge is 0.505 e. The van der Waals surface area contributed by atoms with Crippen LogP contribution in [-0.2, 0) is 11.2 Å². The molecule has 2 aromatic rings. The van der Waals surface area contributed by atoms with E-state index in [1.807, 2.05) is 11.0 Å². The summed E-state index contributed by atoms with van der Waals surface area (Å²) < 4.78 is 0. The molecule has 0 aromatic heterocycles. The van der Waals surface area contributed by atoms with Gasteiger partial charge >= 0.3 is 0 Å². The van der Waals surface area contributed by atoms with E-state index in [0.29, 0.717) is 16.7 Å². The van der Waals surface area contributed by atoms with Crippen LogP contribution in [0.3, 0.4) is 0 Å². The number of halogens is 2. The second-order valence-corrected chi connectivity index (χ2v) is 9.34. The Morgan fingerprint density at radius 1 is 1.14 bits per heavy atom. The summed E-state index contributed by atoms with van der Waals surface area (Å²) in [5.41, 5.74) is 2.18. The first-order valence-corrected chi connectivity index (χ1v) is 11.5. The molecule has 152 valence electrons. The first-order chi connectivity index (χ1) is 14.0. The van der Waals surface area contributed by atoms with Crippen LogP contribution in [0.2, 0.25) is 10.0 Å². The Labute approximate surface area is 184 Å². The van der Waals surface area contributed by atoms with Crippen LogP contribution in [0.25, 0.3) is 0 Å². The number of hydrogen-bond donors (Lipinski definition) is 1. The molecule has 29 heavy (non-hydrogen) atoms. The summed E-state index contributed by atoms with van der Waals surface area (Å²) >= 11 is 13.5. The van der Waals surface area contributed by atoms with Crippen LogP contribution in [0.5, 0.6) is 5.75 Å². The number of thioether (sulfide) groups is 1. The standard InChI is InChI=1S/C22H22Cl2N2O2S/c23-17-11-16(12-18(24)20(17)27)19-13-29-21(25-19)22(28)26-8-6-15(7-9-26)10-14-4-2-1-3-5-14/h1-5,11-12,15,19,27H,6-10,13H2. The van der Waals surface area contributed by atoms with Crippen molar-refractivity contribution in [3.63, 3.8) is 0 Å². The number of aliphatic imine (C=N–C) groups is 1. The molecule has 1 amide bonds. The van der Waals surface area contributed by atoms with Gasteiger partial charge in [0.1, 0.15) is 0 Å². The number of benzene rings is 2.